The highest BCUT2D eigenvalue weighted by Crippen LogP contribution is 2.23. The molecular weight excluding hydrogens is 282 g/mol. The summed E-state index contributed by atoms with van der Waals surface area (Å²) >= 11 is 4.65. The summed E-state index contributed by atoms with van der Waals surface area (Å²) in [6.07, 6.45) is 1.42. The van der Waals surface area contributed by atoms with Gasteiger partial charge in [0, 0.05) is 11.8 Å². The van der Waals surface area contributed by atoms with Crippen molar-refractivity contribution < 1.29 is 14.7 Å². The maximum Gasteiger partial charge on any atom is 0.352 e. The molecule has 15 heavy (non-hydrogen) atoms. The first kappa shape index (κ1) is 11.9. The number of hydrogen-bond donors (Lipinski definition) is 2. The second-order valence-electron chi connectivity index (χ2n) is 2.69. The van der Waals surface area contributed by atoms with Crippen molar-refractivity contribution in [3.63, 3.8) is 0 Å². The molecule has 1 aromatic rings. The Morgan fingerprint density at radius 2 is 2.20 bits per heavy atom. The van der Waals surface area contributed by atoms with E-state index in [1.807, 2.05) is 6.07 Å². The molecule has 0 bridgehead atoms. The third-order valence-electron chi connectivity index (χ3n) is 1.42. The van der Waals surface area contributed by atoms with Crippen LogP contribution in [0.1, 0.15) is 11.8 Å². The van der Waals surface area contributed by atoms with Gasteiger partial charge in [0.25, 0.3) is 0 Å². The van der Waals surface area contributed by atoms with E-state index in [1.54, 1.807) is 6.07 Å². The summed E-state index contributed by atoms with van der Waals surface area (Å²) < 4.78 is 0.904. The number of carbonyl (C=O) groups is 2. The molecule has 0 aromatic carbocycles. The fraction of sp³-hybridized carbons (Fsp3) is 0.111. The number of aliphatic carboxylic acids is 1. The van der Waals surface area contributed by atoms with Gasteiger partial charge >= 0.3 is 5.97 Å². The van der Waals surface area contributed by atoms with Crippen LogP contribution in [0.5, 0.6) is 0 Å². The summed E-state index contributed by atoms with van der Waals surface area (Å²) in [7, 11) is 0. The Bertz CT molecular complexity index is 425. The predicted molar refractivity (Wildman–Crippen MR) is 61.4 cm³/mol. The summed E-state index contributed by atoms with van der Waals surface area (Å²) in [5.74, 6) is -1.56. The maximum atomic E-state index is 10.8. The largest absolute Gasteiger partial charge is 0.477 e. The van der Waals surface area contributed by atoms with E-state index >= 15 is 0 Å². The summed E-state index contributed by atoms with van der Waals surface area (Å²) in [6, 6.07) is 3.57. The van der Waals surface area contributed by atoms with E-state index in [4.69, 9.17) is 5.11 Å². The minimum Gasteiger partial charge on any atom is -0.477 e. The van der Waals surface area contributed by atoms with Crippen LogP contribution in [0.2, 0.25) is 0 Å². The molecule has 1 rings (SSSR count). The lowest BCUT2D eigenvalue weighted by Crippen LogP contribution is -2.24. The van der Waals surface area contributed by atoms with Crippen LogP contribution in [0.4, 0.5) is 0 Å². The van der Waals surface area contributed by atoms with Crippen LogP contribution in [0.3, 0.4) is 0 Å². The summed E-state index contributed by atoms with van der Waals surface area (Å²) in [5, 5.41) is 11.1. The molecule has 2 N–H and O–H groups in total. The van der Waals surface area contributed by atoms with Crippen LogP contribution in [0, 0.1) is 0 Å². The Labute approximate surface area is 98.7 Å². The lowest BCUT2D eigenvalue weighted by atomic mass is 10.3. The number of thiophene rings is 1. The number of hydrogen-bond acceptors (Lipinski definition) is 3. The molecule has 0 saturated heterocycles. The molecule has 1 amide bonds. The topological polar surface area (TPSA) is 66.4 Å². The first-order valence-corrected chi connectivity index (χ1v) is 5.58. The van der Waals surface area contributed by atoms with Gasteiger partial charge in [-0.3, -0.25) is 4.79 Å². The predicted octanol–water partition coefficient (Wildman–Crippen LogP) is 2.07. The number of carboxylic acid groups (broad SMARTS) is 1. The van der Waals surface area contributed by atoms with E-state index in [2.05, 4.69) is 21.2 Å². The van der Waals surface area contributed by atoms with Crippen LogP contribution >= 0.6 is 27.3 Å². The van der Waals surface area contributed by atoms with Crippen molar-refractivity contribution in [2.24, 2.45) is 0 Å². The Morgan fingerprint density at radius 3 is 2.60 bits per heavy atom. The van der Waals surface area contributed by atoms with Gasteiger partial charge in [-0.2, -0.15) is 0 Å². The molecule has 6 heteroatoms. The van der Waals surface area contributed by atoms with Gasteiger partial charge in [0.2, 0.25) is 5.91 Å². The van der Waals surface area contributed by atoms with Gasteiger partial charge in [-0.05, 0) is 34.1 Å². The summed E-state index contributed by atoms with van der Waals surface area (Å²) in [4.78, 5) is 22.2. The number of amides is 1. The quantitative estimate of drug-likeness (QED) is 0.837. The van der Waals surface area contributed by atoms with E-state index in [1.165, 1.54) is 24.3 Å². The monoisotopic (exact) mass is 289 g/mol. The molecular formula is C9H8BrNO3S. The Morgan fingerprint density at radius 1 is 1.53 bits per heavy atom. The standard InChI is InChI=1S/C9H8BrNO3S/c1-5(12)11-7(9(13)14)4-6-2-3-8(10)15-6/h2-4H,1H3,(H,11,12)(H,13,14)/b7-4-. The third kappa shape index (κ3) is 3.85. The zero-order valence-electron chi connectivity index (χ0n) is 7.78. The van der Waals surface area contributed by atoms with Crippen molar-refractivity contribution in [1.82, 2.24) is 5.32 Å². The highest BCUT2D eigenvalue weighted by atomic mass is 79.9. The van der Waals surface area contributed by atoms with Gasteiger partial charge in [0.05, 0.1) is 3.79 Å². The molecule has 0 aliphatic rings. The van der Waals surface area contributed by atoms with Gasteiger partial charge in [0.15, 0.2) is 0 Å². The Kier molecular flexibility index (Phi) is 4.05. The SMILES string of the molecule is CC(=O)N/C(=C\c1ccc(Br)s1)C(=O)O. The minimum absolute atomic E-state index is 0.128. The van der Waals surface area contributed by atoms with E-state index in [-0.39, 0.29) is 5.70 Å². The number of nitrogens with one attached hydrogen (secondary N) is 1. The van der Waals surface area contributed by atoms with Crippen LogP contribution in [0.15, 0.2) is 21.6 Å². The molecule has 0 fully saturated rings. The highest BCUT2D eigenvalue weighted by Gasteiger charge is 2.09. The second kappa shape index (κ2) is 5.09. The first-order valence-electron chi connectivity index (χ1n) is 3.97. The second-order valence-corrected chi connectivity index (χ2v) is 5.18. The molecule has 0 radical (unpaired) electrons. The average Bonchev–Trinajstić information content (AvgIpc) is 2.49. The minimum atomic E-state index is -1.16. The molecule has 0 unspecified atom stereocenters. The molecule has 0 atom stereocenters. The first-order chi connectivity index (χ1) is 6.99. The van der Waals surface area contributed by atoms with Crippen molar-refractivity contribution in [2.75, 3.05) is 0 Å². The highest BCUT2D eigenvalue weighted by molar-refractivity contribution is 9.11. The van der Waals surface area contributed by atoms with Crippen molar-refractivity contribution in [3.8, 4) is 0 Å². The lowest BCUT2D eigenvalue weighted by molar-refractivity contribution is -0.134. The van der Waals surface area contributed by atoms with Crippen molar-refractivity contribution in [3.05, 3.63) is 26.5 Å². The van der Waals surface area contributed by atoms with E-state index in [9.17, 15) is 9.59 Å². The van der Waals surface area contributed by atoms with Crippen LogP contribution in [0.25, 0.3) is 6.08 Å². The van der Waals surface area contributed by atoms with E-state index in [0.29, 0.717) is 0 Å². The molecule has 0 aliphatic heterocycles. The zero-order valence-corrected chi connectivity index (χ0v) is 10.2. The van der Waals surface area contributed by atoms with Crippen LogP contribution in [-0.2, 0) is 9.59 Å². The van der Waals surface area contributed by atoms with Gasteiger partial charge in [-0.1, -0.05) is 0 Å². The van der Waals surface area contributed by atoms with Crippen LogP contribution < -0.4 is 5.32 Å². The van der Waals surface area contributed by atoms with Crippen molar-refractivity contribution in [2.45, 2.75) is 6.92 Å². The molecule has 0 saturated carbocycles. The van der Waals surface area contributed by atoms with E-state index < -0.39 is 11.9 Å². The van der Waals surface area contributed by atoms with Crippen molar-refractivity contribution in [1.29, 1.82) is 0 Å². The fourth-order valence-electron chi connectivity index (χ4n) is 0.889. The average molecular weight is 290 g/mol. The Balaban J connectivity index is 2.93. The molecule has 1 aromatic heterocycles. The molecule has 0 aliphatic carbocycles. The number of halogens is 1. The number of carbonyl (C=O) groups excluding carboxylic acids is 1. The summed E-state index contributed by atoms with van der Waals surface area (Å²) in [5.41, 5.74) is -0.128. The maximum absolute atomic E-state index is 10.8. The third-order valence-corrected chi connectivity index (χ3v) is 2.99. The van der Waals surface area contributed by atoms with Gasteiger partial charge in [0.1, 0.15) is 5.70 Å². The number of carboxylic acids is 1. The molecule has 80 valence electrons. The molecule has 1 heterocycles. The fourth-order valence-corrected chi connectivity index (χ4v) is 2.26. The van der Waals surface area contributed by atoms with Crippen molar-refractivity contribution >= 4 is 45.2 Å². The van der Waals surface area contributed by atoms with Crippen LogP contribution in [-0.4, -0.2) is 17.0 Å². The van der Waals surface area contributed by atoms with Gasteiger partial charge in [-0.25, -0.2) is 4.79 Å². The van der Waals surface area contributed by atoms with Gasteiger partial charge in [-0.15, -0.1) is 11.3 Å². The van der Waals surface area contributed by atoms with Gasteiger partial charge < -0.3 is 10.4 Å². The Hall–Kier alpha value is -1.14. The molecule has 4 nitrogen and oxygen atoms in total. The normalized spacial score (nSPS) is 11.2. The number of rotatable bonds is 3. The summed E-state index contributed by atoms with van der Waals surface area (Å²) in [6.45, 7) is 1.26. The smallest absolute Gasteiger partial charge is 0.352 e. The lowest BCUT2D eigenvalue weighted by Gasteiger charge is -2.01. The van der Waals surface area contributed by atoms with E-state index in [0.717, 1.165) is 8.66 Å². The molecule has 0 spiro atoms. The zero-order chi connectivity index (χ0) is 11.4.